The highest BCUT2D eigenvalue weighted by atomic mass is 35.5. The number of pyridine rings is 1. The van der Waals surface area contributed by atoms with Crippen molar-refractivity contribution < 1.29 is 31.5 Å². The number of aromatic nitrogens is 3. The van der Waals surface area contributed by atoms with Crippen LogP contribution < -0.4 is 11.1 Å². The Morgan fingerprint density at radius 2 is 1.89 bits per heavy atom. The number of primary amides is 1. The molecule has 0 spiro atoms. The number of halogens is 6. The quantitative estimate of drug-likeness (QED) is 0.252. The number of amides is 2. The number of nitrogens with one attached hydrogen (secondary N) is 1. The third kappa shape index (κ3) is 4.83. The van der Waals surface area contributed by atoms with Crippen molar-refractivity contribution in [2.45, 2.75) is 37.9 Å². The van der Waals surface area contributed by atoms with Crippen LogP contribution in [0.15, 0.2) is 36.4 Å². The summed E-state index contributed by atoms with van der Waals surface area (Å²) < 4.78 is 68.8. The molecule has 0 unspecified atom stereocenters. The number of carbonyl (C=O) groups is 2. The number of thiophene rings is 1. The normalized spacial score (nSPS) is 13.9. The summed E-state index contributed by atoms with van der Waals surface area (Å²) in [5, 5.41) is 6.23. The highest BCUT2D eigenvalue weighted by Crippen LogP contribution is 2.46. The van der Waals surface area contributed by atoms with Crippen LogP contribution in [0.3, 0.4) is 0 Å². The molecule has 1 fully saturated rings. The molecule has 1 saturated carbocycles. The predicted octanol–water partition coefficient (Wildman–Crippen LogP) is 6.38. The Morgan fingerprint density at radius 1 is 1.21 bits per heavy atom. The van der Waals surface area contributed by atoms with E-state index in [9.17, 15) is 31.5 Å². The second-order valence-corrected chi connectivity index (χ2v) is 10.0. The summed E-state index contributed by atoms with van der Waals surface area (Å²) in [4.78, 5) is 28.7. The van der Waals surface area contributed by atoms with Crippen LogP contribution >= 0.6 is 22.9 Å². The minimum atomic E-state index is -4.78. The van der Waals surface area contributed by atoms with Crippen molar-refractivity contribution in [1.29, 1.82) is 0 Å². The van der Waals surface area contributed by atoms with Crippen molar-refractivity contribution in [3.8, 4) is 11.1 Å². The van der Waals surface area contributed by atoms with Gasteiger partial charge in [-0.3, -0.25) is 14.3 Å². The first-order valence-corrected chi connectivity index (χ1v) is 12.4. The third-order valence-electron chi connectivity index (χ3n) is 5.95. The number of hydrogen-bond donors (Lipinski definition) is 2. The molecule has 7 nitrogen and oxygen atoms in total. The SMILES string of the molecule is NC(=O)c1sc2nc(C(F)(F)F)cc(-c3ccccc3)c2c1NC(=O)Cn1nc(C(F)F)c(Cl)c1C1CC1. The van der Waals surface area contributed by atoms with Gasteiger partial charge in [0.25, 0.3) is 12.3 Å². The molecular formula is C24H17ClF5N5O2S. The van der Waals surface area contributed by atoms with Gasteiger partial charge < -0.3 is 11.1 Å². The summed E-state index contributed by atoms with van der Waals surface area (Å²) in [6.07, 6.45) is -6.33. The van der Waals surface area contributed by atoms with Crippen LogP contribution in [-0.2, 0) is 17.5 Å². The third-order valence-corrected chi connectivity index (χ3v) is 7.43. The van der Waals surface area contributed by atoms with E-state index in [0.717, 1.165) is 10.7 Å². The average Bonchev–Trinajstić information content (AvgIpc) is 3.54. The minimum Gasteiger partial charge on any atom is -0.365 e. The second kappa shape index (κ2) is 9.62. The zero-order valence-electron chi connectivity index (χ0n) is 19.2. The topological polar surface area (TPSA) is 103 Å². The van der Waals surface area contributed by atoms with Gasteiger partial charge in [0.1, 0.15) is 27.6 Å². The molecule has 5 rings (SSSR count). The number of alkyl halides is 5. The van der Waals surface area contributed by atoms with Gasteiger partial charge in [0.2, 0.25) is 5.91 Å². The molecule has 0 atom stereocenters. The average molecular weight is 570 g/mol. The molecule has 1 aliphatic rings. The molecule has 198 valence electrons. The standard InChI is InChI=1S/C24H17ClF5N5O2S/c25-16-18(21(26)27)34-35(19(16)11-6-7-11)9-14(36)33-17-15-12(10-4-2-1-3-5-10)8-13(24(28,29)30)32-23(15)38-20(17)22(31)37/h1-5,8,11,21H,6-7,9H2,(H2,31,37)(H,33,36). The summed E-state index contributed by atoms with van der Waals surface area (Å²) in [6.45, 7) is -0.525. The van der Waals surface area contributed by atoms with Gasteiger partial charge in [-0.05, 0) is 30.0 Å². The van der Waals surface area contributed by atoms with E-state index < -0.39 is 42.3 Å². The summed E-state index contributed by atoms with van der Waals surface area (Å²) in [7, 11) is 0. The number of hydrogen-bond acceptors (Lipinski definition) is 5. The fourth-order valence-corrected chi connectivity index (χ4v) is 5.56. The molecular weight excluding hydrogens is 553 g/mol. The Bertz CT molecular complexity index is 1560. The molecule has 4 aromatic rings. The van der Waals surface area contributed by atoms with E-state index in [2.05, 4.69) is 15.4 Å². The van der Waals surface area contributed by atoms with Gasteiger partial charge in [0.15, 0.2) is 0 Å². The molecule has 3 N–H and O–H groups in total. The lowest BCUT2D eigenvalue weighted by atomic mass is 10.0. The smallest absolute Gasteiger partial charge is 0.365 e. The maximum atomic E-state index is 13.6. The Hall–Kier alpha value is -3.58. The van der Waals surface area contributed by atoms with E-state index in [4.69, 9.17) is 17.3 Å². The monoisotopic (exact) mass is 569 g/mol. The summed E-state index contributed by atoms with van der Waals surface area (Å²) >= 11 is 6.72. The lowest BCUT2D eigenvalue weighted by Gasteiger charge is -2.13. The Morgan fingerprint density at radius 3 is 2.47 bits per heavy atom. The van der Waals surface area contributed by atoms with E-state index >= 15 is 0 Å². The second-order valence-electron chi connectivity index (χ2n) is 8.63. The van der Waals surface area contributed by atoms with E-state index in [0.29, 0.717) is 35.4 Å². The van der Waals surface area contributed by atoms with Crippen LogP contribution in [0.25, 0.3) is 21.3 Å². The van der Waals surface area contributed by atoms with Crippen LogP contribution in [-0.4, -0.2) is 26.6 Å². The van der Waals surface area contributed by atoms with Crippen molar-refractivity contribution in [1.82, 2.24) is 14.8 Å². The Balaban J connectivity index is 1.61. The molecule has 3 aromatic heterocycles. The predicted molar refractivity (Wildman–Crippen MR) is 131 cm³/mol. The first-order chi connectivity index (χ1) is 18.0. The molecule has 3 heterocycles. The Labute approximate surface area is 220 Å². The van der Waals surface area contributed by atoms with Crippen LogP contribution in [0.5, 0.6) is 0 Å². The van der Waals surface area contributed by atoms with Gasteiger partial charge in [-0.15, -0.1) is 11.3 Å². The van der Waals surface area contributed by atoms with E-state index in [1.54, 1.807) is 30.3 Å². The number of anilines is 1. The maximum absolute atomic E-state index is 13.6. The first kappa shape index (κ1) is 26.0. The molecule has 0 saturated heterocycles. The zero-order valence-corrected chi connectivity index (χ0v) is 20.7. The maximum Gasteiger partial charge on any atom is 0.433 e. The molecule has 1 aromatic carbocycles. The fraction of sp³-hybridized carbons (Fsp3) is 0.250. The molecule has 1 aliphatic carbocycles. The molecule has 0 radical (unpaired) electrons. The van der Waals surface area contributed by atoms with Crippen molar-refractivity contribution in [3.05, 3.63) is 63.4 Å². The highest BCUT2D eigenvalue weighted by Gasteiger charge is 2.36. The first-order valence-electron chi connectivity index (χ1n) is 11.2. The minimum absolute atomic E-state index is 0.0720. The molecule has 2 amide bonds. The molecule has 38 heavy (non-hydrogen) atoms. The van der Waals surface area contributed by atoms with Crippen LogP contribution in [0.1, 0.15) is 51.9 Å². The number of benzene rings is 1. The van der Waals surface area contributed by atoms with Gasteiger partial charge in [0, 0.05) is 11.3 Å². The lowest BCUT2D eigenvalue weighted by Crippen LogP contribution is -2.22. The van der Waals surface area contributed by atoms with Gasteiger partial charge >= 0.3 is 6.18 Å². The van der Waals surface area contributed by atoms with Crippen LogP contribution in [0.2, 0.25) is 5.02 Å². The molecule has 0 aliphatic heterocycles. The molecule has 0 bridgehead atoms. The van der Waals surface area contributed by atoms with E-state index in [1.807, 2.05) is 0 Å². The van der Waals surface area contributed by atoms with Gasteiger partial charge in [0.05, 0.1) is 16.4 Å². The van der Waals surface area contributed by atoms with Crippen LogP contribution in [0, 0.1) is 0 Å². The van der Waals surface area contributed by atoms with Gasteiger partial charge in [-0.1, -0.05) is 41.9 Å². The summed E-state index contributed by atoms with van der Waals surface area (Å²) in [6, 6.07) is 8.89. The largest absolute Gasteiger partial charge is 0.433 e. The Kier molecular flexibility index (Phi) is 6.59. The number of nitrogens with two attached hydrogens (primary N) is 1. The lowest BCUT2D eigenvalue weighted by molar-refractivity contribution is -0.140. The number of carbonyl (C=O) groups excluding carboxylic acids is 2. The zero-order chi connectivity index (χ0) is 27.4. The van der Waals surface area contributed by atoms with E-state index in [1.165, 1.54) is 0 Å². The summed E-state index contributed by atoms with van der Waals surface area (Å²) in [5.74, 6) is -1.88. The van der Waals surface area contributed by atoms with E-state index in [-0.39, 0.29) is 37.3 Å². The van der Waals surface area contributed by atoms with Crippen molar-refractivity contribution >= 4 is 50.7 Å². The van der Waals surface area contributed by atoms with Crippen molar-refractivity contribution in [2.24, 2.45) is 5.73 Å². The number of rotatable bonds is 7. The highest BCUT2D eigenvalue weighted by molar-refractivity contribution is 7.21. The van der Waals surface area contributed by atoms with Gasteiger partial charge in [-0.25, -0.2) is 13.8 Å². The van der Waals surface area contributed by atoms with Crippen molar-refractivity contribution in [2.75, 3.05) is 5.32 Å². The number of nitrogens with zero attached hydrogens (tertiary/aromatic N) is 3. The number of fused-ring (bicyclic) bond motifs is 1. The van der Waals surface area contributed by atoms with Gasteiger partial charge in [-0.2, -0.15) is 18.3 Å². The summed E-state index contributed by atoms with van der Waals surface area (Å²) in [5.41, 5.74) is 4.31. The van der Waals surface area contributed by atoms with Crippen LogP contribution in [0.4, 0.5) is 27.6 Å². The fourth-order valence-electron chi connectivity index (χ4n) is 4.18. The van der Waals surface area contributed by atoms with Crippen molar-refractivity contribution in [3.63, 3.8) is 0 Å². The molecule has 14 heteroatoms.